The van der Waals surface area contributed by atoms with Crippen LogP contribution in [-0.4, -0.2) is 40.5 Å². The van der Waals surface area contributed by atoms with Gasteiger partial charge in [-0.25, -0.2) is 13.1 Å². The maximum absolute atomic E-state index is 13.4. The third kappa shape index (κ3) is 6.60. The summed E-state index contributed by atoms with van der Waals surface area (Å²) in [6.45, 7) is 2.05. The first-order valence-electron chi connectivity index (χ1n) is 14.3. The van der Waals surface area contributed by atoms with Gasteiger partial charge in [-0.2, -0.15) is 19.1 Å². The molecule has 2 aromatic heterocycles. The minimum atomic E-state index is -4.26. The van der Waals surface area contributed by atoms with Gasteiger partial charge in [0.05, 0.1) is 22.0 Å². The van der Waals surface area contributed by atoms with Crippen LogP contribution >= 0.6 is 0 Å². The topological polar surface area (TPSA) is 153 Å². The van der Waals surface area contributed by atoms with Crippen molar-refractivity contribution in [2.75, 3.05) is 10.1 Å². The number of carbonyl (C=O) groups excluding carboxylic acids is 1. The number of hydrazone groups is 1. The predicted molar refractivity (Wildman–Crippen MR) is 176 cm³/mol. The Morgan fingerprint density at radius 3 is 2.27 bits per heavy atom. The number of para-hydroxylation sites is 1. The molecule has 0 unspecified atom stereocenters. The number of anilines is 2. The molecule has 3 aromatic carbocycles. The number of aryl methyl sites for hydroxylation is 1. The van der Waals surface area contributed by atoms with Crippen LogP contribution in [-0.2, 0) is 17.1 Å². The standard InChI is InChI=1S/C33H29F2N7O5S/c1-20-17-28(21(2)41(20)24-13-15-26(16-14-24)47-33(34)35)31(43)29(19-36)38-37-23-9-8-12-27(18-23)48(45,46)39-30-22(3)40(4)42(32(30)44)25-10-6-5-7-11-25/h5-18,33,37,39H,1-4H3. The molecule has 5 aromatic rings. The molecule has 12 nitrogen and oxygen atoms in total. The average molecular weight is 674 g/mol. The van der Waals surface area contributed by atoms with Gasteiger partial charge < -0.3 is 9.30 Å². The Labute approximate surface area is 274 Å². The molecule has 0 amide bonds. The van der Waals surface area contributed by atoms with Gasteiger partial charge in [-0.3, -0.25) is 24.4 Å². The number of Topliss-reactive ketones (excluding diaryl/α,β-unsaturated/α-hetero) is 1. The summed E-state index contributed by atoms with van der Waals surface area (Å²) in [5.41, 5.74) is 4.38. The minimum Gasteiger partial charge on any atom is -0.435 e. The molecule has 0 radical (unpaired) electrons. The summed E-state index contributed by atoms with van der Waals surface area (Å²) in [5, 5.41) is 13.7. The van der Waals surface area contributed by atoms with E-state index in [2.05, 4.69) is 20.0 Å². The number of rotatable bonds is 11. The lowest BCUT2D eigenvalue weighted by molar-refractivity contribution is -0.0498. The van der Waals surface area contributed by atoms with Gasteiger partial charge in [0, 0.05) is 29.7 Å². The molecule has 2 N–H and O–H groups in total. The summed E-state index contributed by atoms with van der Waals surface area (Å²) in [6, 6.07) is 23.5. The van der Waals surface area contributed by atoms with Crippen molar-refractivity contribution in [2.45, 2.75) is 32.3 Å². The van der Waals surface area contributed by atoms with E-state index in [1.807, 2.05) is 0 Å². The second-order valence-electron chi connectivity index (χ2n) is 10.6. The van der Waals surface area contributed by atoms with Crippen molar-refractivity contribution in [3.8, 4) is 23.2 Å². The fraction of sp³-hybridized carbons (Fsp3) is 0.152. The predicted octanol–water partition coefficient (Wildman–Crippen LogP) is 5.47. The van der Waals surface area contributed by atoms with E-state index in [0.717, 1.165) is 0 Å². The number of hydrogen-bond acceptors (Lipinski definition) is 8. The van der Waals surface area contributed by atoms with Crippen LogP contribution in [0.3, 0.4) is 0 Å². The Morgan fingerprint density at radius 2 is 1.62 bits per heavy atom. The van der Waals surface area contributed by atoms with Crippen molar-refractivity contribution in [3.05, 3.63) is 118 Å². The van der Waals surface area contributed by atoms with Crippen molar-refractivity contribution in [1.82, 2.24) is 13.9 Å². The zero-order valence-electron chi connectivity index (χ0n) is 26.1. The van der Waals surface area contributed by atoms with E-state index in [9.17, 15) is 32.0 Å². The maximum Gasteiger partial charge on any atom is 0.387 e. The molecule has 246 valence electrons. The smallest absolute Gasteiger partial charge is 0.387 e. The minimum absolute atomic E-state index is 0.0216. The average Bonchev–Trinajstić information content (AvgIpc) is 3.47. The summed E-state index contributed by atoms with van der Waals surface area (Å²) >= 11 is 0. The van der Waals surface area contributed by atoms with E-state index in [0.29, 0.717) is 28.5 Å². The van der Waals surface area contributed by atoms with Crippen molar-refractivity contribution in [1.29, 1.82) is 5.26 Å². The van der Waals surface area contributed by atoms with Gasteiger partial charge in [-0.1, -0.05) is 24.3 Å². The first-order chi connectivity index (χ1) is 22.8. The van der Waals surface area contributed by atoms with E-state index in [4.69, 9.17) is 0 Å². The van der Waals surface area contributed by atoms with E-state index in [-0.39, 0.29) is 27.6 Å². The summed E-state index contributed by atoms with van der Waals surface area (Å²) in [7, 11) is -2.62. The molecule has 2 heterocycles. The van der Waals surface area contributed by atoms with Gasteiger partial charge in [0.25, 0.3) is 15.6 Å². The number of ether oxygens (including phenoxy) is 1. The molecule has 0 saturated carbocycles. The maximum atomic E-state index is 13.4. The molecular formula is C33H29F2N7O5S. The number of hydrogen-bond donors (Lipinski definition) is 2. The van der Waals surface area contributed by atoms with Crippen LogP contribution in [0, 0.1) is 32.1 Å². The molecule has 0 saturated heterocycles. The molecule has 0 atom stereocenters. The zero-order valence-corrected chi connectivity index (χ0v) is 26.9. The number of nitriles is 1. The van der Waals surface area contributed by atoms with Gasteiger partial charge in [0.2, 0.25) is 11.5 Å². The van der Waals surface area contributed by atoms with Crippen LogP contribution in [0.2, 0.25) is 0 Å². The summed E-state index contributed by atoms with van der Waals surface area (Å²) in [5.74, 6) is -0.714. The Hall–Kier alpha value is -6.01. The summed E-state index contributed by atoms with van der Waals surface area (Å²) < 4.78 is 63.2. The Morgan fingerprint density at radius 1 is 0.938 bits per heavy atom. The Kier molecular flexibility index (Phi) is 9.30. The van der Waals surface area contributed by atoms with Gasteiger partial charge in [0.1, 0.15) is 17.5 Å². The number of nitrogens with one attached hydrogen (secondary N) is 2. The lowest BCUT2D eigenvalue weighted by atomic mass is 10.1. The third-order valence-electron chi connectivity index (χ3n) is 7.55. The highest BCUT2D eigenvalue weighted by molar-refractivity contribution is 7.92. The highest BCUT2D eigenvalue weighted by Gasteiger charge is 2.24. The first kappa shape index (κ1) is 33.4. The number of benzene rings is 3. The van der Waals surface area contributed by atoms with Crippen LogP contribution in [0.25, 0.3) is 11.4 Å². The fourth-order valence-electron chi connectivity index (χ4n) is 5.15. The number of alkyl halides is 2. The number of nitrogens with zero attached hydrogens (tertiary/aromatic N) is 5. The van der Waals surface area contributed by atoms with Gasteiger partial charge in [0.15, 0.2) is 0 Å². The Bertz CT molecular complexity index is 2250. The molecule has 0 fully saturated rings. The summed E-state index contributed by atoms with van der Waals surface area (Å²) in [6.07, 6.45) is 0. The van der Waals surface area contributed by atoms with Gasteiger partial charge >= 0.3 is 6.61 Å². The van der Waals surface area contributed by atoms with Gasteiger partial charge in [-0.15, -0.1) is 0 Å². The Balaban J connectivity index is 1.37. The molecule has 0 aliphatic heterocycles. The van der Waals surface area contributed by atoms with Crippen LogP contribution in [0.4, 0.5) is 20.2 Å². The molecule has 0 aliphatic carbocycles. The SMILES string of the molecule is Cc1cc(C(=O)C(C#N)=NNc2cccc(S(=O)(=O)Nc3c(C)n(C)n(-c4ccccc4)c3=O)c2)c(C)n1-c1ccc(OC(F)F)cc1. The van der Waals surface area contributed by atoms with E-state index >= 15 is 0 Å². The molecule has 0 bridgehead atoms. The third-order valence-corrected chi connectivity index (χ3v) is 8.90. The quantitative estimate of drug-likeness (QED) is 0.107. The lowest BCUT2D eigenvalue weighted by Crippen LogP contribution is -2.23. The number of aromatic nitrogens is 3. The molecule has 0 spiro atoms. The largest absolute Gasteiger partial charge is 0.435 e. The van der Waals surface area contributed by atoms with E-state index < -0.39 is 33.7 Å². The van der Waals surface area contributed by atoms with E-state index in [1.165, 1.54) is 41.1 Å². The highest BCUT2D eigenvalue weighted by Crippen LogP contribution is 2.25. The number of ketones is 1. The number of carbonyl (C=O) groups is 1. The monoisotopic (exact) mass is 673 g/mol. The number of sulfonamides is 1. The van der Waals surface area contributed by atoms with Crippen LogP contribution < -0.4 is 20.4 Å². The second-order valence-corrected chi connectivity index (χ2v) is 12.3. The fourth-order valence-corrected chi connectivity index (χ4v) is 6.31. The normalized spacial score (nSPS) is 11.8. The van der Waals surface area contributed by atoms with Crippen molar-refractivity contribution in [3.63, 3.8) is 0 Å². The van der Waals surface area contributed by atoms with Crippen molar-refractivity contribution < 1.29 is 26.7 Å². The number of halogens is 2. The highest BCUT2D eigenvalue weighted by atomic mass is 32.2. The van der Waals surface area contributed by atoms with E-state index in [1.54, 1.807) is 91.7 Å². The second kappa shape index (κ2) is 13.4. The van der Waals surface area contributed by atoms with Crippen LogP contribution in [0.5, 0.6) is 5.75 Å². The van der Waals surface area contributed by atoms with Crippen LogP contribution in [0.15, 0.2) is 99.7 Å². The van der Waals surface area contributed by atoms with Crippen LogP contribution in [0.1, 0.15) is 27.4 Å². The zero-order chi connectivity index (χ0) is 34.7. The molecule has 0 aliphatic rings. The molecule has 15 heteroatoms. The molecular weight excluding hydrogens is 644 g/mol. The molecule has 5 rings (SSSR count). The summed E-state index contributed by atoms with van der Waals surface area (Å²) in [4.78, 5) is 26.4. The van der Waals surface area contributed by atoms with Gasteiger partial charge in [-0.05, 0) is 81.4 Å². The molecule has 48 heavy (non-hydrogen) atoms. The first-order valence-corrected chi connectivity index (χ1v) is 15.8. The lowest BCUT2D eigenvalue weighted by Gasteiger charge is -2.11. The van der Waals surface area contributed by atoms with Crippen molar-refractivity contribution in [2.24, 2.45) is 12.1 Å². The van der Waals surface area contributed by atoms with Crippen molar-refractivity contribution >= 4 is 32.9 Å².